The first kappa shape index (κ1) is 18.0. The molecule has 1 aliphatic heterocycles. The Morgan fingerprint density at radius 1 is 1.16 bits per heavy atom. The molecule has 0 radical (unpaired) electrons. The second-order valence-corrected chi connectivity index (χ2v) is 5.77. The van der Waals surface area contributed by atoms with Gasteiger partial charge in [0.15, 0.2) is 11.9 Å². The standard InChI is InChI=1S/C16H24N4O5/c1-21-6-7-24-14-13(23-3)11(8-22-2)25-16(14)20-9-19-12-10(17)4-5-18-15(12)20/h4-5,9,11,13-14,16H,6-8H2,1-3H3,(H2,17,18)/t11-,13?,14?,16-/m1/s1. The lowest BCUT2D eigenvalue weighted by molar-refractivity contribution is -0.0820. The van der Waals surface area contributed by atoms with Crippen molar-refractivity contribution in [3.8, 4) is 0 Å². The second-order valence-electron chi connectivity index (χ2n) is 5.77. The van der Waals surface area contributed by atoms with Crippen molar-refractivity contribution in [2.24, 2.45) is 0 Å². The summed E-state index contributed by atoms with van der Waals surface area (Å²) in [7, 11) is 4.89. The number of ether oxygens (including phenoxy) is 5. The number of nitrogen functional groups attached to an aromatic ring is 1. The Morgan fingerprint density at radius 2 is 2.00 bits per heavy atom. The van der Waals surface area contributed by atoms with Gasteiger partial charge >= 0.3 is 0 Å². The number of hydrogen-bond donors (Lipinski definition) is 1. The van der Waals surface area contributed by atoms with Gasteiger partial charge in [0.05, 0.1) is 31.8 Å². The van der Waals surface area contributed by atoms with E-state index in [-0.39, 0.29) is 18.3 Å². The average Bonchev–Trinajstić information content (AvgIpc) is 3.18. The van der Waals surface area contributed by atoms with E-state index < -0.39 is 6.23 Å². The number of nitrogens with zero attached hydrogens (tertiary/aromatic N) is 3. The Hall–Kier alpha value is -1.78. The minimum Gasteiger partial charge on any atom is -0.397 e. The molecule has 2 aromatic heterocycles. The lowest BCUT2D eigenvalue weighted by Crippen LogP contribution is -2.38. The molecule has 2 aromatic rings. The maximum absolute atomic E-state index is 6.17. The summed E-state index contributed by atoms with van der Waals surface area (Å²) in [5.41, 5.74) is 7.81. The Morgan fingerprint density at radius 3 is 2.72 bits per heavy atom. The first-order valence-corrected chi connectivity index (χ1v) is 8.06. The number of fused-ring (bicyclic) bond motifs is 1. The van der Waals surface area contributed by atoms with Crippen LogP contribution in [0.4, 0.5) is 5.69 Å². The van der Waals surface area contributed by atoms with Crippen molar-refractivity contribution in [2.75, 3.05) is 46.9 Å². The third kappa shape index (κ3) is 3.46. The van der Waals surface area contributed by atoms with E-state index in [1.54, 1.807) is 39.9 Å². The molecule has 1 saturated heterocycles. The molecule has 0 aromatic carbocycles. The molecular formula is C16H24N4O5. The van der Waals surface area contributed by atoms with E-state index in [4.69, 9.17) is 29.4 Å². The normalized spacial score (nSPS) is 26.5. The molecule has 0 amide bonds. The number of hydrogen-bond acceptors (Lipinski definition) is 8. The fraction of sp³-hybridized carbons (Fsp3) is 0.625. The van der Waals surface area contributed by atoms with Crippen LogP contribution < -0.4 is 5.73 Å². The fourth-order valence-electron chi connectivity index (χ4n) is 3.10. The SMILES string of the molecule is COCCOC1C(OC)[C@@H](COC)O[C@H]1n1cnc2c(N)ccnc21. The van der Waals surface area contributed by atoms with Gasteiger partial charge in [-0.3, -0.25) is 4.57 Å². The summed E-state index contributed by atoms with van der Waals surface area (Å²) in [5, 5.41) is 0. The molecule has 2 unspecified atom stereocenters. The van der Waals surface area contributed by atoms with Gasteiger partial charge in [0.25, 0.3) is 0 Å². The lowest BCUT2D eigenvalue weighted by atomic mass is 10.1. The summed E-state index contributed by atoms with van der Waals surface area (Å²) in [5.74, 6) is 0. The summed E-state index contributed by atoms with van der Waals surface area (Å²) in [4.78, 5) is 8.75. The number of imidazole rings is 1. The Bertz CT molecular complexity index is 694. The zero-order chi connectivity index (χ0) is 17.8. The van der Waals surface area contributed by atoms with E-state index >= 15 is 0 Å². The molecule has 9 heteroatoms. The van der Waals surface area contributed by atoms with Crippen LogP contribution in [0.1, 0.15) is 6.23 Å². The number of pyridine rings is 1. The fourth-order valence-corrected chi connectivity index (χ4v) is 3.10. The summed E-state index contributed by atoms with van der Waals surface area (Å²) in [6.45, 7) is 1.29. The van der Waals surface area contributed by atoms with Crippen molar-refractivity contribution < 1.29 is 23.7 Å². The Labute approximate surface area is 146 Å². The van der Waals surface area contributed by atoms with Gasteiger partial charge in [-0.1, -0.05) is 0 Å². The van der Waals surface area contributed by atoms with Gasteiger partial charge in [0, 0.05) is 27.5 Å². The van der Waals surface area contributed by atoms with Crippen LogP contribution in [0.3, 0.4) is 0 Å². The van der Waals surface area contributed by atoms with Crippen LogP contribution >= 0.6 is 0 Å². The molecule has 1 fully saturated rings. The molecule has 0 aliphatic carbocycles. The third-order valence-corrected chi connectivity index (χ3v) is 4.25. The van der Waals surface area contributed by atoms with E-state index in [0.29, 0.717) is 36.7 Å². The largest absolute Gasteiger partial charge is 0.397 e. The van der Waals surface area contributed by atoms with Crippen LogP contribution in [0.15, 0.2) is 18.6 Å². The van der Waals surface area contributed by atoms with Crippen LogP contribution in [0.5, 0.6) is 0 Å². The summed E-state index contributed by atoms with van der Waals surface area (Å²) in [6.07, 6.45) is 1.92. The summed E-state index contributed by atoms with van der Waals surface area (Å²) in [6, 6.07) is 1.72. The van der Waals surface area contributed by atoms with E-state index in [2.05, 4.69) is 9.97 Å². The third-order valence-electron chi connectivity index (χ3n) is 4.25. The molecule has 25 heavy (non-hydrogen) atoms. The van der Waals surface area contributed by atoms with Gasteiger partial charge in [0.1, 0.15) is 23.8 Å². The zero-order valence-electron chi connectivity index (χ0n) is 14.6. The topological polar surface area (TPSA) is 103 Å². The Kier molecular flexibility index (Phi) is 5.82. The molecule has 3 heterocycles. The van der Waals surface area contributed by atoms with Gasteiger partial charge < -0.3 is 29.4 Å². The highest BCUT2D eigenvalue weighted by Crippen LogP contribution is 2.35. The molecule has 0 bridgehead atoms. The highest BCUT2D eigenvalue weighted by molar-refractivity contribution is 5.83. The van der Waals surface area contributed by atoms with Crippen molar-refractivity contribution >= 4 is 16.9 Å². The van der Waals surface area contributed by atoms with E-state index in [1.807, 2.05) is 4.57 Å². The number of rotatable bonds is 8. The number of methoxy groups -OCH3 is 3. The van der Waals surface area contributed by atoms with Crippen molar-refractivity contribution in [1.29, 1.82) is 0 Å². The van der Waals surface area contributed by atoms with Gasteiger partial charge in [-0.2, -0.15) is 0 Å². The quantitative estimate of drug-likeness (QED) is 0.689. The molecule has 0 saturated carbocycles. The van der Waals surface area contributed by atoms with Crippen molar-refractivity contribution in [3.05, 3.63) is 18.6 Å². The smallest absolute Gasteiger partial charge is 0.166 e. The Balaban J connectivity index is 1.93. The molecule has 3 rings (SSSR count). The van der Waals surface area contributed by atoms with Gasteiger partial charge in [-0.15, -0.1) is 0 Å². The predicted molar refractivity (Wildman–Crippen MR) is 90.1 cm³/mol. The molecule has 138 valence electrons. The second kappa shape index (κ2) is 8.07. The maximum Gasteiger partial charge on any atom is 0.166 e. The number of aromatic nitrogens is 3. The first-order chi connectivity index (χ1) is 12.2. The van der Waals surface area contributed by atoms with Crippen molar-refractivity contribution in [1.82, 2.24) is 14.5 Å². The van der Waals surface area contributed by atoms with Gasteiger partial charge in [-0.25, -0.2) is 9.97 Å². The van der Waals surface area contributed by atoms with E-state index in [9.17, 15) is 0 Å². The summed E-state index contributed by atoms with van der Waals surface area (Å²) >= 11 is 0. The zero-order valence-corrected chi connectivity index (χ0v) is 14.6. The first-order valence-electron chi connectivity index (χ1n) is 8.06. The highest BCUT2D eigenvalue weighted by Gasteiger charge is 2.47. The minimum absolute atomic E-state index is 0.272. The monoisotopic (exact) mass is 352 g/mol. The minimum atomic E-state index is -0.457. The van der Waals surface area contributed by atoms with Crippen LogP contribution in [0.25, 0.3) is 11.2 Å². The number of nitrogens with two attached hydrogens (primary N) is 1. The molecule has 1 aliphatic rings. The average molecular weight is 352 g/mol. The van der Waals surface area contributed by atoms with Crippen molar-refractivity contribution in [3.63, 3.8) is 0 Å². The van der Waals surface area contributed by atoms with Gasteiger partial charge in [-0.05, 0) is 6.07 Å². The highest BCUT2D eigenvalue weighted by atomic mass is 16.6. The molecule has 4 atom stereocenters. The van der Waals surface area contributed by atoms with Crippen LogP contribution in [0.2, 0.25) is 0 Å². The maximum atomic E-state index is 6.17. The lowest BCUT2D eigenvalue weighted by Gasteiger charge is -2.23. The predicted octanol–water partition coefficient (Wildman–Crippen LogP) is 0.604. The van der Waals surface area contributed by atoms with Crippen LogP contribution in [0, 0.1) is 0 Å². The van der Waals surface area contributed by atoms with Crippen molar-refractivity contribution in [2.45, 2.75) is 24.5 Å². The number of anilines is 1. The van der Waals surface area contributed by atoms with Crippen LogP contribution in [-0.2, 0) is 23.7 Å². The summed E-state index contributed by atoms with van der Waals surface area (Å²) < 4.78 is 30.0. The van der Waals surface area contributed by atoms with E-state index in [0.717, 1.165) is 0 Å². The van der Waals surface area contributed by atoms with Gasteiger partial charge in [0.2, 0.25) is 0 Å². The van der Waals surface area contributed by atoms with Crippen LogP contribution in [-0.4, -0.2) is 74.0 Å². The molecular weight excluding hydrogens is 328 g/mol. The molecule has 2 N–H and O–H groups in total. The molecule has 0 spiro atoms. The molecule has 9 nitrogen and oxygen atoms in total. The van der Waals surface area contributed by atoms with E-state index in [1.165, 1.54) is 0 Å².